The number of hydrogen-bond acceptors (Lipinski definition) is 2. The van der Waals surface area contributed by atoms with Crippen LogP contribution in [0.5, 0.6) is 0 Å². The van der Waals surface area contributed by atoms with E-state index in [1.165, 1.54) is 4.31 Å². The van der Waals surface area contributed by atoms with Gasteiger partial charge in [-0.1, -0.05) is 34.1 Å². The Morgan fingerprint density at radius 3 is 2.57 bits per heavy atom. The number of anilines is 1. The minimum Gasteiger partial charge on any atom is -0.263 e. The molecule has 0 N–H and O–H groups in total. The molecule has 6 heteroatoms. The van der Waals surface area contributed by atoms with E-state index in [9.17, 15) is 8.42 Å². The first-order valence-corrected chi connectivity index (χ1v) is 9.51. The third-order valence-electron chi connectivity index (χ3n) is 3.58. The highest BCUT2D eigenvalue weighted by atomic mass is 79.9. The fourth-order valence-corrected chi connectivity index (χ4v) is 6.10. The predicted molar refractivity (Wildman–Crippen MR) is 91.1 cm³/mol. The molecule has 3 nitrogen and oxygen atoms in total. The number of fused-ring (bicyclic) bond motifs is 1. The number of halogens is 2. The Morgan fingerprint density at radius 1 is 1.14 bits per heavy atom. The maximum atomic E-state index is 13.0. The molecule has 0 spiro atoms. The Hall–Kier alpha value is -0.850. The van der Waals surface area contributed by atoms with Crippen LogP contribution in [-0.4, -0.2) is 14.5 Å². The summed E-state index contributed by atoms with van der Waals surface area (Å²) in [5, 5.41) is 0. The molecule has 0 aromatic heterocycles. The minimum absolute atomic E-state index is 0.0806. The standard InChI is InChI=1S/C15H13Br2NO2S/c1-10-8-11-4-2-3-5-14(11)18(10)21(19,20)15-7-6-12(16)9-13(15)17/h2-7,9-10H,8H2,1H3/t10-/m0/s1. The van der Waals surface area contributed by atoms with Gasteiger partial charge in [0, 0.05) is 15.0 Å². The van der Waals surface area contributed by atoms with Crippen LogP contribution in [0, 0.1) is 0 Å². The number of benzene rings is 2. The van der Waals surface area contributed by atoms with Crippen LogP contribution >= 0.6 is 31.9 Å². The highest BCUT2D eigenvalue weighted by molar-refractivity contribution is 9.11. The summed E-state index contributed by atoms with van der Waals surface area (Å²) in [4.78, 5) is 0.286. The minimum atomic E-state index is -3.58. The van der Waals surface area contributed by atoms with E-state index < -0.39 is 10.0 Å². The van der Waals surface area contributed by atoms with Crippen molar-refractivity contribution in [2.45, 2.75) is 24.3 Å². The summed E-state index contributed by atoms with van der Waals surface area (Å²) in [7, 11) is -3.58. The highest BCUT2D eigenvalue weighted by Crippen LogP contribution is 2.38. The van der Waals surface area contributed by atoms with Gasteiger partial charge in [0.05, 0.1) is 5.69 Å². The molecule has 1 atom stereocenters. The molecule has 2 aromatic carbocycles. The summed E-state index contributed by atoms with van der Waals surface area (Å²) in [6.07, 6.45) is 0.740. The van der Waals surface area contributed by atoms with Crippen molar-refractivity contribution in [3.8, 4) is 0 Å². The Labute approximate surface area is 141 Å². The first-order chi connectivity index (χ1) is 9.91. The molecule has 21 heavy (non-hydrogen) atoms. The first kappa shape index (κ1) is 15.1. The Bertz CT molecular complexity index is 805. The van der Waals surface area contributed by atoms with Crippen molar-refractivity contribution in [3.63, 3.8) is 0 Å². The van der Waals surface area contributed by atoms with Gasteiger partial charge in [-0.3, -0.25) is 4.31 Å². The zero-order chi connectivity index (χ0) is 15.2. The van der Waals surface area contributed by atoms with Gasteiger partial charge in [-0.05, 0) is 59.1 Å². The summed E-state index contributed by atoms with van der Waals surface area (Å²) >= 11 is 6.70. The predicted octanol–water partition coefficient (Wildman–Crippen LogP) is 4.35. The van der Waals surface area contributed by atoms with E-state index in [1.807, 2.05) is 31.2 Å². The van der Waals surface area contributed by atoms with Crippen molar-refractivity contribution in [2.24, 2.45) is 0 Å². The van der Waals surface area contributed by atoms with Gasteiger partial charge in [-0.2, -0.15) is 0 Å². The summed E-state index contributed by atoms with van der Waals surface area (Å²) in [6, 6.07) is 12.7. The van der Waals surface area contributed by atoms with Gasteiger partial charge < -0.3 is 0 Å². The molecule has 110 valence electrons. The average molecular weight is 431 g/mol. The van der Waals surface area contributed by atoms with Crippen molar-refractivity contribution in [1.82, 2.24) is 0 Å². The zero-order valence-electron chi connectivity index (χ0n) is 11.3. The van der Waals surface area contributed by atoms with Gasteiger partial charge in [-0.15, -0.1) is 0 Å². The molecular weight excluding hydrogens is 418 g/mol. The van der Waals surface area contributed by atoms with Crippen molar-refractivity contribution in [3.05, 3.63) is 57.0 Å². The van der Waals surface area contributed by atoms with Crippen molar-refractivity contribution in [1.29, 1.82) is 0 Å². The molecule has 0 fully saturated rings. The van der Waals surface area contributed by atoms with Crippen molar-refractivity contribution >= 4 is 47.6 Å². The topological polar surface area (TPSA) is 37.4 Å². The maximum Gasteiger partial charge on any atom is 0.265 e. The number of para-hydroxylation sites is 1. The second-order valence-electron chi connectivity index (χ2n) is 5.06. The Morgan fingerprint density at radius 2 is 1.86 bits per heavy atom. The largest absolute Gasteiger partial charge is 0.265 e. The molecule has 0 saturated heterocycles. The van der Waals surface area contributed by atoms with E-state index in [0.717, 1.165) is 22.1 Å². The van der Waals surface area contributed by atoms with E-state index in [0.29, 0.717) is 4.47 Å². The molecule has 3 rings (SSSR count). The number of sulfonamides is 1. The fraction of sp³-hybridized carbons (Fsp3) is 0.200. The van der Waals surface area contributed by atoms with Crippen LogP contribution in [0.25, 0.3) is 0 Å². The molecule has 2 aromatic rings. The molecule has 1 heterocycles. The third kappa shape index (κ3) is 2.53. The third-order valence-corrected chi connectivity index (χ3v) is 6.97. The van der Waals surface area contributed by atoms with Crippen LogP contribution < -0.4 is 4.31 Å². The Balaban J connectivity index is 2.15. The molecule has 0 unspecified atom stereocenters. The van der Waals surface area contributed by atoms with Gasteiger partial charge in [0.2, 0.25) is 0 Å². The van der Waals surface area contributed by atoms with Crippen LogP contribution in [0.15, 0.2) is 56.3 Å². The average Bonchev–Trinajstić information content (AvgIpc) is 2.74. The Kier molecular flexibility index (Phi) is 3.88. The number of rotatable bonds is 2. The van der Waals surface area contributed by atoms with Crippen LogP contribution in [-0.2, 0) is 16.4 Å². The maximum absolute atomic E-state index is 13.0. The second kappa shape index (κ2) is 5.41. The first-order valence-electron chi connectivity index (χ1n) is 6.48. The van der Waals surface area contributed by atoms with Crippen LogP contribution in [0.2, 0.25) is 0 Å². The zero-order valence-corrected chi connectivity index (χ0v) is 15.2. The van der Waals surface area contributed by atoms with E-state index >= 15 is 0 Å². The lowest BCUT2D eigenvalue weighted by molar-refractivity contribution is 0.583. The van der Waals surface area contributed by atoms with Crippen LogP contribution in [0.4, 0.5) is 5.69 Å². The van der Waals surface area contributed by atoms with E-state index in [-0.39, 0.29) is 10.9 Å². The normalized spacial score (nSPS) is 17.9. The molecule has 1 aliphatic rings. The van der Waals surface area contributed by atoms with Gasteiger partial charge >= 0.3 is 0 Å². The van der Waals surface area contributed by atoms with Gasteiger partial charge in [0.25, 0.3) is 10.0 Å². The van der Waals surface area contributed by atoms with E-state index in [2.05, 4.69) is 31.9 Å². The molecule has 0 aliphatic carbocycles. The lowest BCUT2D eigenvalue weighted by atomic mass is 10.1. The summed E-state index contributed by atoms with van der Waals surface area (Å²) in [5.41, 5.74) is 1.85. The van der Waals surface area contributed by atoms with Gasteiger partial charge in [0.15, 0.2) is 0 Å². The fourth-order valence-electron chi connectivity index (χ4n) is 2.69. The lowest BCUT2D eigenvalue weighted by Crippen LogP contribution is -2.35. The smallest absolute Gasteiger partial charge is 0.263 e. The molecule has 0 saturated carbocycles. The van der Waals surface area contributed by atoms with E-state index in [4.69, 9.17) is 0 Å². The van der Waals surface area contributed by atoms with Crippen LogP contribution in [0.3, 0.4) is 0 Å². The van der Waals surface area contributed by atoms with Gasteiger partial charge in [0.1, 0.15) is 4.90 Å². The summed E-state index contributed by atoms with van der Waals surface area (Å²) in [6.45, 7) is 1.93. The molecule has 0 amide bonds. The van der Waals surface area contributed by atoms with Gasteiger partial charge in [-0.25, -0.2) is 8.42 Å². The second-order valence-corrected chi connectivity index (χ2v) is 8.61. The van der Waals surface area contributed by atoms with Crippen molar-refractivity contribution in [2.75, 3.05) is 4.31 Å². The molecule has 1 aliphatic heterocycles. The van der Waals surface area contributed by atoms with E-state index in [1.54, 1.807) is 18.2 Å². The molecule has 0 bridgehead atoms. The highest BCUT2D eigenvalue weighted by Gasteiger charge is 2.36. The molecular formula is C15H13Br2NO2S. The number of nitrogens with zero attached hydrogens (tertiary/aromatic N) is 1. The van der Waals surface area contributed by atoms with Crippen molar-refractivity contribution < 1.29 is 8.42 Å². The number of hydrogen-bond donors (Lipinski definition) is 0. The monoisotopic (exact) mass is 429 g/mol. The quantitative estimate of drug-likeness (QED) is 0.710. The summed E-state index contributed by atoms with van der Waals surface area (Å²) in [5.74, 6) is 0. The van der Waals surface area contributed by atoms with Crippen LogP contribution in [0.1, 0.15) is 12.5 Å². The molecule has 0 radical (unpaired) electrons. The summed E-state index contributed by atoms with van der Waals surface area (Å²) < 4.78 is 29.0. The SMILES string of the molecule is C[C@H]1Cc2ccccc2N1S(=O)(=O)c1ccc(Br)cc1Br. The lowest BCUT2D eigenvalue weighted by Gasteiger charge is -2.25.